The van der Waals surface area contributed by atoms with E-state index >= 15 is 0 Å². The average Bonchev–Trinajstić information content (AvgIpc) is 2.86. The van der Waals surface area contributed by atoms with Crippen LogP contribution >= 0.6 is 0 Å². The second kappa shape index (κ2) is 5.20. The molecule has 1 heterocycles. The molecular weight excluding hydrogens is 271 g/mol. The highest BCUT2D eigenvalue weighted by Crippen LogP contribution is 2.33. The first-order chi connectivity index (χ1) is 9.34. The van der Waals surface area contributed by atoms with Crippen LogP contribution in [0, 0.1) is 6.92 Å². The van der Waals surface area contributed by atoms with Gasteiger partial charge in [0.1, 0.15) is 0 Å². The van der Waals surface area contributed by atoms with Gasteiger partial charge in [-0.25, -0.2) is 0 Å². The lowest BCUT2D eigenvalue weighted by Crippen LogP contribution is -2.18. The van der Waals surface area contributed by atoms with Crippen molar-refractivity contribution in [1.29, 1.82) is 0 Å². The van der Waals surface area contributed by atoms with E-state index in [1.807, 2.05) is 6.92 Å². The maximum Gasteiger partial charge on any atom is 0.416 e. The lowest BCUT2D eigenvalue weighted by atomic mass is 10.1. The fourth-order valence-electron chi connectivity index (χ4n) is 1.82. The fourth-order valence-corrected chi connectivity index (χ4v) is 1.82. The number of nitrogens with one attached hydrogen (secondary N) is 1. The number of halogens is 3. The van der Waals surface area contributed by atoms with Crippen LogP contribution in [0.25, 0.3) is 5.69 Å². The summed E-state index contributed by atoms with van der Waals surface area (Å²) in [6.07, 6.45) is -4.40. The predicted octanol–water partition coefficient (Wildman–Crippen LogP) is 2.27. The number of alkyl halides is 3. The predicted molar refractivity (Wildman–Crippen MR) is 66.4 cm³/mol. The van der Waals surface area contributed by atoms with Crippen LogP contribution in [0.3, 0.4) is 0 Å². The van der Waals surface area contributed by atoms with E-state index in [2.05, 4.69) is 20.8 Å². The highest BCUT2D eigenvalue weighted by atomic mass is 19.4. The van der Waals surface area contributed by atoms with Crippen molar-refractivity contribution in [1.82, 2.24) is 25.5 Å². The molecule has 8 heteroatoms. The molecule has 0 saturated heterocycles. The monoisotopic (exact) mass is 285 g/mol. The summed E-state index contributed by atoms with van der Waals surface area (Å²) in [5.41, 5.74) is -0.240. The quantitative estimate of drug-likeness (QED) is 0.940. The number of aryl methyl sites for hydroxylation is 1. The molecule has 0 spiro atoms. The largest absolute Gasteiger partial charge is 0.416 e. The molecule has 0 amide bonds. The van der Waals surface area contributed by atoms with Gasteiger partial charge < -0.3 is 5.32 Å². The Morgan fingerprint density at radius 1 is 1.30 bits per heavy atom. The Morgan fingerprint density at radius 2 is 2.00 bits per heavy atom. The van der Waals surface area contributed by atoms with Crippen LogP contribution in [0.15, 0.2) is 18.2 Å². The Morgan fingerprint density at radius 3 is 2.60 bits per heavy atom. The minimum absolute atomic E-state index is 0.164. The average molecular weight is 285 g/mol. The van der Waals surface area contributed by atoms with Crippen LogP contribution in [0.2, 0.25) is 0 Å². The van der Waals surface area contributed by atoms with Gasteiger partial charge in [0.15, 0.2) is 5.82 Å². The molecule has 2 rings (SSSR count). The van der Waals surface area contributed by atoms with Gasteiger partial charge in [-0.15, -0.1) is 5.10 Å². The molecule has 1 N–H and O–H groups in total. The maximum absolute atomic E-state index is 12.9. The zero-order valence-electron chi connectivity index (χ0n) is 11.2. The lowest BCUT2D eigenvalue weighted by Gasteiger charge is -2.14. The van der Waals surface area contributed by atoms with E-state index in [0.29, 0.717) is 5.82 Å². The summed E-state index contributed by atoms with van der Waals surface area (Å²) in [4.78, 5) is 0. The molecule has 20 heavy (non-hydrogen) atoms. The van der Waals surface area contributed by atoms with Crippen LogP contribution in [-0.4, -0.2) is 27.3 Å². The zero-order chi connectivity index (χ0) is 14.9. The minimum atomic E-state index is -4.40. The normalized spacial score (nSPS) is 13.5. The third kappa shape index (κ3) is 2.64. The van der Waals surface area contributed by atoms with Crippen molar-refractivity contribution < 1.29 is 13.2 Å². The summed E-state index contributed by atoms with van der Waals surface area (Å²) >= 11 is 0. The molecule has 0 aliphatic heterocycles. The standard InChI is InChI=1S/C12H14F3N5/c1-7-4-5-9(6-10(7)12(13,14)15)20-11(8(2)16-3)17-18-19-20/h4-6,8,16H,1-3H3. The highest BCUT2D eigenvalue weighted by Gasteiger charge is 2.33. The summed E-state index contributed by atoms with van der Waals surface area (Å²) in [5.74, 6) is 0.449. The number of rotatable bonds is 3. The third-order valence-corrected chi connectivity index (χ3v) is 3.09. The molecule has 1 aromatic heterocycles. The van der Waals surface area contributed by atoms with Gasteiger partial charge in [-0.3, -0.25) is 0 Å². The second-order valence-electron chi connectivity index (χ2n) is 4.46. The SMILES string of the molecule is CNC(C)c1nnnn1-c1ccc(C)c(C(F)(F)F)c1. The minimum Gasteiger partial charge on any atom is -0.311 e. The third-order valence-electron chi connectivity index (χ3n) is 3.09. The molecule has 2 aromatic rings. The Hall–Kier alpha value is -1.96. The Labute approximate surface area is 113 Å². The van der Waals surface area contributed by atoms with E-state index < -0.39 is 11.7 Å². The summed E-state index contributed by atoms with van der Waals surface area (Å²) in [5, 5.41) is 14.1. The first-order valence-corrected chi connectivity index (χ1v) is 5.98. The number of aromatic nitrogens is 4. The fraction of sp³-hybridized carbons (Fsp3) is 0.417. The van der Waals surface area contributed by atoms with Gasteiger partial charge in [0.25, 0.3) is 0 Å². The van der Waals surface area contributed by atoms with E-state index in [-0.39, 0.29) is 17.3 Å². The van der Waals surface area contributed by atoms with E-state index in [9.17, 15) is 13.2 Å². The van der Waals surface area contributed by atoms with Crippen LogP contribution in [0.1, 0.15) is 29.9 Å². The first-order valence-electron chi connectivity index (χ1n) is 5.98. The molecule has 0 bridgehead atoms. The molecule has 1 aromatic carbocycles. The Kier molecular flexibility index (Phi) is 3.76. The van der Waals surface area contributed by atoms with E-state index in [1.165, 1.54) is 17.7 Å². The second-order valence-corrected chi connectivity index (χ2v) is 4.46. The van der Waals surface area contributed by atoms with Crippen molar-refractivity contribution in [2.45, 2.75) is 26.1 Å². The summed E-state index contributed by atoms with van der Waals surface area (Å²) in [7, 11) is 1.72. The summed E-state index contributed by atoms with van der Waals surface area (Å²) < 4.78 is 40.1. The molecule has 1 unspecified atom stereocenters. The van der Waals surface area contributed by atoms with Crippen molar-refractivity contribution >= 4 is 0 Å². The molecule has 0 radical (unpaired) electrons. The molecule has 1 atom stereocenters. The molecule has 108 valence electrons. The van der Waals surface area contributed by atoms with E-state index in [1.54, 1.807) is 13.1 Å². The van der Waals surface area contributed by atoms with Gasteiger partial charge in [0.05, 0.1) is 17.3 Å². The van der Waals surface area contributed by atoms with Gasteiger partial charge in [-0.1, -0.05) is 6.07 Å². The van der Waals surface area contributed by atoms with Crippen molar-refractivity contribution in [3.8, 4) is 5.69 Å². The van der Waals surface area contributed by atoms with Crippen molar-refractivity contribution in [3.63, 3.8) is 0 Å². The lowest BCUT2D eigenvalue weighted by molar-refractivity contribution is -0.138. The number of tetrazole rings is 1. The van der Waals surface area contributed by atoms with E-state index in [0.717, 1.165) is 6.07 Å². The Balaban J connectivity index is 2.52. The van der Waals surface area contributed by atoms with Gasteiger partial charge in [-0.2, -0.15) is 17.9 Å². The molecule has 0 aliphatic rings. The van der Waals surface area contributed by atoms with Crippen molar-refractivity contribution in [3.05, 3.63) is 35.2 Å². The van der Waals surface area contributed by atoms with Gasteiger partial charge in [0.2, 0.25) is 0 Å². The summed E-state index contributed by atoms with van der Waals surface area (Å²) in [6, 6.07) is 3.85. The summed E-state index contributed by atoms with van der Waals surface area (Å²) in [6.45, 7) is 3.24. The molecule has 0 fully saturated rings. The van der Waals surface area contributed by atoms with Crippen molar-refractivity contribution in [2.24, 2.45) is 0 Å². The van der Waals surface area contributed by atoms with Gasteiger partial charge in [-0.05, 0) is 49.0 Å². The topological polar surface area (TPSA) is 55.6 Å². The van der Waals surface area contributed by atoms with E-state index in [4.69, 9.17) is 0 Å². The Bertz CT molecular complexity index is 605. The number of hydrogen-bond donors (Lipinski definition) is 1. The molecular formula is C12H14F3N5. The van der Waals surface area contributed by atoms with Gasteiger partial charge >= 0.3 is 6.18 Å². The highest BCUT2D eigenvalue weighted by molar-refractivity contribution is 5.41. The van der Waals surface area contributed by atoms with Crippen LogP contribution in [0.4, 0.5) is 13.2 Å². The van der Waals surface area contributed by atoms with Gasteiger partial charge in [0, 0.05) is 0 Å². The number of nitrogens with zero attached hydrogens (tertiary/aromatic N) is 4. The van der Waals surface area contributed by atoms with Crippen LogP contribution < -0.4 is 5.32 Å². The maximum atomic E-state index is 12.9. The molecule has 0 aliphatic carbocycles. The molecule has 5 nitrogen and oxygen atoms in total. The first kappa shape index (κ1) is 14.4. The number of benzene rings is 1. The van der Waals surface area contributed by atoms with Crippen LogP contribution in [0.5, 0.6) is 0 Å². The molecule has 0 saturated carbocycles. The smallest absolute Gasteiger partial charge is 0.311 e. The number of hydrogen-bond acceptors (Lipinski definition) is 4. The zero-order valence-corrected chi connectivity index (χ0v) is 11.2. The van der Waals surface area contributed by atoms with Crippen LogP contribution in [-0.2, 0) is 6.18 Å². The van der Waals surface area contributed by atoms with Crippen molar-refractivity contribution in [2.75, 3.05) is 7.05 Å².